The third-order valence-corrected chi connectivity index (χ3v) is 1.69. The summed E-state index contributed by atoms with van der Waals surface area (Å²) < 4.78 is 0. The van der Waals surface area contributed by atoms with E-state index in [0.717, 1.165) is 0 Å². The highest BCUT2D eigenvalue weighted by atomic mass is 16.4. The molecular weight excluding hydrogens is 172 g/mol. The first kappa shape index (κ1) is 11.7. The lowest BCUT2D eigenvalue weighted by molar-refractivity contribution is -0.138. The molecule has 0 bridgehead atoms. The van der Waals surface area contributed by atoms with Crippen LogP contribution in [0, 0.1) is 5.92 Å². The molecule has 0 aromatic heterocycles. The Morgan fingerprint density at radius 3 is 2.31 bits per heavy atom. The molecule has 0 heterocycles. The molecule has 4 nitrogen and oxygen atoms in total. The quantitative estimate of drug-likeness (QED) is 0.638. The molecule has 1 unspecified atom stereocenters. The van der Waals surface area contributed by atoms with Crippen molar-refractivity contribution in [3.8, 4) is 0 Å². The molecule has 0 saturated heterocycles. The molecule has 0 aliphatic heterocycles. The van der Waals surface area contributed by atoms with E-state index in [0.29, 0.717) is 6.42 Å². The second-order valence-corrected chi connectivity index (χ2v) is 3.13. The minimum absolute atomic E-state index is 0.0215. The van der Waals surface area contributed by atoms with E-state index in [9.17, 15) is 9.59 Å². The van der Waals surface area contributed by atoms with Crippen LogP contribution in [0.1, 0.15) is 26.7 Å². The molecule has 1 atom stereocenters. The number of carbonyl (C=O) groups is 2. The zero-order chi connectivity index (χ0) is 10.4. The van der Waals surface area contributed by atoms with E-state index in [1.165, 1.54) is 6.92 Å². The van der Waals surface area contributed by atoms with Crippen LogP contribution in [0.5, 0.6) is 0 Å². The number of carboxylic acid groups (broad SMARTS) is 2. The fraction of sp³-hybridized carbons (Fsp3) is 0.556. The molecule has 2 N–H and O–H groups in total. The second kappa shape index (κ2) is 5.35. The summed E-state index contributed by atoms with van der Waals surface area (Å²) in [4.78, 5) is 20.6. The van der Waals surface area contributed by atoms with Gasteiger partial charge in [0.1, 0.15) is 0 Å². The Hall–Kier alpha value is -1.32. The molecule has 0 spiro atoms. The Morgan fingerprint density at radius 2 is 1.92 bits per heavy atom. The van der Waals surface area contributed by atoms with Crippen LogP contribution in [-0.2, 0) is 9.59 Å². The molecule has 0 aromatic rings. The Kier molecular flexibility index (Phi) is 4.80. The van der Waals surface area contributed by atoms with Gasteiger partial charge in [-0.05, 0) is 19.3 Å². The van der Waals surface area contributed by atoms with Gasteiger partial charge >= 0.3 is 11.9 Å². The van der Waals surface area contributed by atoms with E-state index in [2.05, 4.69) is 0 Å². The van der Waals surface area contributed by atoms with Crippen LogP contribution in [0.25, 0.3) is 0 Å². The highest BCUT2D eigenvalue weighted by Gasteiger charge is 2.07. The van der Waals surface area contributed by atoms with Crippen LogP contribution in [0.4, 0.5) is 0 Å². The number of allylic oxidation sites excluding steroid dienone is 1. The van der Waals surface area contributed by atoms with E-state index >= 15 is 0 Å². The van der Waals surface area contributed by atoms with Gasteiger partial charge in [0, 0.05) is 12.0 Å². The monoisotopic (exact) mass is 186 g/mol. The summed E-state index contributed by atoms with van der Waals surface area (Å²) in [6.45, 7) is 3.27. The summed E-state index contributed by atoms with van der Waals surface area (Å²) in [5.74, 6) is -1.83. The zero-order valence-electron chi connectivity index (χ0n) is 7.78. The summed E-state index contributed by atoms with van der Waals surface area (Å²) in [5.41, 5.74) is 0.261. The van der Waals surface area contributed by atoms with Gasteiger partial charge in [0.25, 0.3) is 0 Å². The van der Waals surface area contributed by atoms with Gasteiger partial charge in [-0.15, -0.1) is 0 Å². The fourth-order valence-electron chi connectivity index (χ4n) is 0.847. The van der Waals surface area contributed by atoms with Gasteiger partial charge in [-0.3, -0.25) is 4.79 Å². The molecule has 0 fully saturated rings. The number of aliphatic carboxylic acids is 2. The summed E-state index contributed by atoms with van der Waals surface area (Å²) in [5, 5.41) is 16.9. The Bertz CT molecular complexity index is 230. The van der Waals surface area contributed by atoms with Gasteiger partial charge in [0.2, 0.25) is 0 Å². The number of carboxylic acids is 2. The summed E-state index contributed by atoms with van der Waals surface area (Å²) in [6.07, 6.45) is 2.11. The average Bonchev–Trinajstić information content (AvgIpc) is 1.98. The molecule has 4 heteroatoms. The van der Waals surface area contributed by atoms with Crippen molar-refractivity contribution in [3.63, 3.8) is 0 Å². The van der Waals surface area contributed by atoms with Crippen molar-refractivity contribution in [1.82, 2.24) is 0 Å². The fourth-order valence-corrected chi connectivity index (χ4v) is 0.847. The maximum Gasteiger partial charge on any atom is 0.330 e. The minimum Gasteiger partial charge on any atom is -0.481 e. The molecule has 0 aliphatic rings. The van der Waals surface area contributed by atoms with Crippen LogP contribution >= 0.6 is 0 Å². The SMILES string of the molecule is CC(=CCC(C)CC(=O)O)C(=O)O. The van der Waals surface area contributed by atoms with Gasteiger partial charge in [-0.1, -0.05) is 13.0 Å². The van der Waals surface area contributed by atoms with E-state index in [4.69, 9.17) is 10.2 Å². The molecule has 0 aliphatic carbocycles. The summed E-state index contributed by atoms with van der Waals surface area (Å²) in [6, 6.07) is 0. The predicted octanol–water partition coefficient (Wildman–Crippen LogP) is 1.52. The standard InChI is InChI=1S/C9H14O4/c1-6(5-8(10)11)3-4-7(2)9(12)13/h4,6H,3,5H2,1-2H3,(H,10,11)(H,12,13). The van der Waals surface area contributed by atoms with Gasteiger partial charge in [-0.2, -0.15) is 0 Å². The van der Waals surface area contributed by atoms with Crippen LogP contribution < -0.4 is 0 Å². The van der Waals surface area contributed by atoms with Crippen molar-refractivity contribution in [2.24, 2.45) is 5.92 Å². The maximum atomic E-state index is 10.3. The van der Waals surface area contributed by atoms with Crippen LogP contribution in [0.3, 0.4) is 0 Å². The highest BCUT2D eigenvalue weighted by Crippen LogP contribution is 2.09. The molecular formula is C9H14O4. The largest absolute Gasteiger partial charge is 0.481 e. The highest BCUT2D eigenvalue weighted by molar-refractivity contribution is 5.85. The molecule has 0 aromatic carbocycles. The van der Waals surface area contributed by atoms with Crippen molar-refractivity contribution < 1.29 is 19.8 Å². The predicted molar refractivity (Wildman–Crippen MR) is 47.4 cm³/mol. The van der Waals surface area contributed by atoms with Gasteiger partial charge < -0.3 is 10.2 Å². The van der Waals surface area contributed by atoms with Crippen LogP contribution in [0.2, 0.25) is 0 Å². The van der Waals surface area contributed by atoms with Crippen molar-refractivity contribution in [3.05, 3.63) is 11.6 Å². The summed E-state index contributed by atoms with van der Waals surface area (Å²) in [7, 11) is 0. The molecule has 74 valence electrons. The van der Waals surface area contributed by atoms with E-state index < -0.39 is 11.9 Å². The van der Waals surface area contributed by atoms with Gasteiger partial charge in [-0.25, -0.2) is 4.79 Å². The van der Waals surface area contributed by atoms with Crippen molar-refractivity contribution in [1.29, 1.82) is 0 Å². The first-order chi connectivity index (χ1) is 5.93. The lowest BCUT2D eigenvalue weighted by atomic mass is 10.0. The normalized spacial score (nSPS) is 13.8. The smallest absolute Gasteiger partial charge is 0.330 e. The maximum absolute atomic E-state index is 10.3. The van der Waals surface area contributed by atoms with Crippen molar-refractivity contribution in [2.75, 3.05) is 0 Å². The summed E-state index contributed by atoms with van der Waals surface area (Å²) >= 11 is 0. The zero-order valence-corrected chi connectivity index (χ0v) is 7.78. The van der Waals surface area contributed by atoms with E-state index in [1.807, 2.05) is 0 Å². The van der Waals surface area contributed by atoms with Gasteiger partial charge in [0.05, 0.1) is 0 Å². The number of rotatable bonds is 5. The Balaban J connectivity index is 3.94. The lowest BCUT2D eigenvalue weighted by Crippen LogP contribution is -2.04. The Labute approximate surface area is 76.9 Å². The third kappa shape index (κ3) is 5.90. The van der Waals surface area contributed by atoms with Gasteiger partial charge in [0.15, 0.2) is 0 Å². The van der Waals surface area contributed by atoms with Crippen LogP contribution in [-0.4, -0.2) is 22.2 Å². The minimum atomic E-state index is -0.956. The first-order valence-corrected chi connectivity index (χ1v) is 4.05. The number of hydrogen-bond donors (Lipinski definition) is 2. The molecule has 0 amide bonds. The average molecular weight is 186 g/mol. The Morgan fingerprint density at radius 1 is 1.38 bits per heavy atom. The number of hydrogen-bond acceptors (Lipinski definition) is 2. The molecule has 0 radical (unpaired) electrons. The first-order valence-electron chi connectivity index (χ1n) is 4.05. The van der Waals surface area contributed by atoms with E-state index in [-0.39, 0.29) is 17.9 Å². The third-order valence-electron chi connectivity index (χ3n) is 1.69. The van der Waals surface area contributed by atoms with Crippen LogP contribution in [0.15, 0.2) is 11.6 Å². The molecule has 0 rings (SSSR count). The second-order valence-electron chi connectivity index (χ2n) is 3.13. The lowest BCUT2D eigenvalue weighted by Gasteiger charge is -2.04. The molecule has 0 saturated carbocycles. The van der Waals surface area contributed by atoms with Crippen molar-refractivity contribution >= 4 is 11.9 Å². The topological polar surface area (TPSA) is 74.6 Å². The van der Waals surface area contributed by atoms with E-state index in [1.54, 1.807) is 13.0 Å². The van der Waals surface area contributed by atoms with Crippen molar-refractivity contribution in [2.45, 2.75) is 26.7 Å². The molecule has 13 heavy (non-hydrogen) atoms.